The van der Waals surface area contributed by atoms with Gasteiger partial charge in [0.15, 0.2) is 0 Å². The van der Waals surface area contributed by atoms with Crippen LogP contribution in [0.2, 0.25) is 0 Å². The Hall–Kier alpha value is -1.94. The van der Waals surface area contributed by atoms with Crippen LogP contribution >= 0.6 is 0 Å². The first-order valence-electron chi connectivity index (χ1n) is 4.14. The lowest BCUT2D eigenvalue weighted by atomic mass is 10.2. The SMILES string of the molecule is c1cc2oc3ccccc3c2cc#1. The van der Waals surface area contributed by atoms with Crippen LogP contribution < -0.4 is 0 Å². The molecule has 13 heavy (non-hydrogen) atoms. The number of benzene rings is 1. The van der Waals surface area contributed by atoms with Gasteiger partial charge in [0.2, 0.25) is 0 Å². The van der Waals surface area contributed by atoms with E-state index in [0.29, 0.717) is 0 Å². The molecule has 1 heteroatoms. The smallest absolute Gasteiger partial charge is 0.144 e. The zero-order chi connectivity index (χ0) is 8.67. The molecule has 0 aliphatic rings. The van der Waals surface area contributed by atoms with Crippen LogP contribution in [0.25, 0.3) is 21.9 Å². The summed E-state index contributed by atoms with van der Waals surface area (Å²) in [6.07, 6.45) is 0. The largest absolute Gasteiger partial charge is 0.455 e. The lowest BCUT2D eigenvalue weighted by Gasteiger charge is -1.83. The van der Waals surface area contributed by atoms with Gasteiger partial charge in [0.1, 0.15) is 11.2 Å². The van der Waals surface area contributed by atoms with Crippen LogP contribution in [0.4, 0.5) is 0 Å². The third-order valence-electron chi connectivity index (χ3n) is 2.17. The van der Waals surface area contributed by atoms with Gasteiger partial charge in [-0.15, -0.1) is 0 Å². The fourth-order valence-electron chi connectivity index (χ4n) is 1.56. The van der Waals surface area contributed by atoms with Gasteiger partial charge in [0.25, 0.3) is 0 Å². The lowest BCUT2D eigenvalue weighted by Crippen LogP contribution is -1.61. The minimum Gasteiger partial charge on any atom is -0.455 e. The van der Waals surface area contributed by atoms with Crippen molar-refractivity contribution in [2.24, 2.45) is 0 Å². The molecule has 0 N–H and O–H groups in total. The van der Waals surface area contributed by atoms with Gasteiger partial charge in [-0.25, -0.2) is 0 Å². The van der Waals surface area contributed by atoms with E-state index in [1.807, 2.05) is 30.3 Å². The van der Waals surface area contributed by atoms with Crippen molar-refractivity contribution in [2.45, 2.75) is 0 Å². The van der Waals surface area contributed by atoms with Gasteiger partial charge in [-0.05, 0) is 6.07 Å². The number of para-hydroxylation sites is 1. The molecular weight excluding hydrogens is 160 g/mol. The third kappa shape index (κ3) is 0.830. The zero-order valence-electron chi connectivity index (χ0n) is 6.87. The van der Waals surface area contributed by atoms with Crippen molar-refractivity contribution >= 4 is 21.9 Å². The predicted octanol–water partition coefficient (Wildman–Crippen LogP) is 3.19. The molecule has 0 aliphatic carbocycles. The summed E-state index contributed by atoms with van der Waals surface area (Å²) in [5.41, 5.74) is 1.80. The van der Waals surface area contributed by atoms with Crippen molar-refractivity contribution in [1.82, 2.24) is 0 Å². The fourth-order valence-corrected chi connectivity index (χ4v) is 1.56. The van der Waals surface area contributed by atoms with Gasteiger partial charge < -0.3 is 4.42 Å². The highest BCUT2D eigenvalue weighted by molar-refractivity contribution is 6.04. The molecule has 0 atom stereocenters. The highest BCUT2D eigenvalue weighted by Crippen LogP contribution is 2.26. The first-order valence-corrected chi connectivity index (χ1v) is 4.14. The van der Waals surface area contributed by atoms with Crippen LogP contribution in [0.15, 0.2) is 40.8 Å². The van der Waals surface area contributed by atoms with Gasteiger partial charge in [0.05, 0.1) is 0 Å². The average Bonchev–Trinajstić information content (AvgIpc) is 2.56. The van der Waals surface area contributed by atoms with Gasteiger partial charge in [-0.3, -0.25) is 0 Å². The van der Waals surface area contributed by atoms with E-state index in [-0.39, 0.29) is 0 Å². The summed E-state index contributed by atoms with van der Waals surface area (Å²) in [5.74, 6) is 0. The minimum absolute atomic E-state index is 0.875. The molecule has 0 saturated heterocycles. The highest BCUT2D eigenvalue weighted by Gasteiger charge is 2.02. The molecule has 60 valence electrons. The maximum atomic E-state index is 5.60. The molecule has 1 nitrogen and oxygen atoms in total. The van der Waals surface area contributed by atoms with E-state index in [2.05, 4.69) is 18.2 Å². The Labute approximate surface area is 75.6 Å². The van der Waals surface area contributed by atoms with E-state index in [9.17, 15) is 0 Å². The summed E-state index contributed by atoms with van der Waals surface area (Å²) in [6.45, 7) is 0. The predicted molar refractivity (Wildman–Crippen MR) is 51.4 cm³/mol. The Kier molecular flexibility index (Phi) is 1.15. The maximum Gasteiger partial charge on any atom is 0.144 e. The third-order valence-corrected chi connectivity index (χ3v) is 2.17. The number of furan rings is 1. The molecule has 2 aromatic carbocycles. The molecule has 3 rings (SSSR count). The Morgan fingerprint density at radius 3 is 2.69 bits per heavy atom. The molecular formula is C12H6O. The summed E-state index contributed by atoms with van der Waals surface area (Å²) < 4.78 is 5.60. The minimum atomic E-state index is 0.875. The van der Waals surface area contributed by atoms with E-state index in [0.717, 1.165) is 21.9 Å². The zero-order valence-corrected chi connectivity index (χ0v) is 6.87. The van der Waals surface area contributed by atoms with Crippen molar-refractivity contribution in [3.05, 3.63) is 48.5 Å². The van der Waals surface area contributed by atoms with Crippen molar-refractivity contribution < 1.29 is 4.42 Å². The van der Waals surface area contributed by atoms with E-state index >= 15 is 0 Å². The van der Waals surface area contributed by atoms with Gasteiger partial charge in [-0.1, -0.05) is 30.3 Å². The van der Waals surface area contributed by atoms with Crippen LogP contribution in [-0.2, 0) is 0 Å². The Balaban J connectivity index is 2.64. The van der Waals surface area contributed by atoms with Crippen molar-refractivity contribution in [1.29, 1.82) is 0 Å². The summed E-state index contributed by atoms with van der Waals surface area (Å²) in [7, 11) is 0. The average molecular weight is 166 g/mol. The Bertz CT molecular complexity index is 513. The normalized spacial score (nSPS) is 10.5. The van der Waals surface area contributed by atoms with E-state index in [4.69, 9.17) is 4.42 Å². The van der Waals surface area contributed by atoms with Gasteiger partial charge in [0, 0.05) is 22.9 Å². The first kappa shape index (κ1) is 6.56. The van der Waals surface area contributed by atoms with E-state index in [1.165, 1.54) is 0 Å². The number of hydrogen-bond acceptors (Lipinski definition) is 1. The topological polar surface area (TPSA) is 13.1 Å². The van der Waals surface area contributed by atoms with Crippen LogP contribution in [0, 0.1) is 12.1 Å². The second kappa shape index (κ2) is 2.27. The molecule has 1 aromatic heterocycles. The fraction of sp³-hybridized carbons (Fsp3) is 0. The molecule has 0 saturated carbocycles. The van der Waals surface area contributed by atoms with Crippen molar-refractivity contribution in [3.63, 3.8) is 0 Å². The van der Waals surface area contributed by atoms with E-state index in [1.54, 1.807) is 0 Å². The quantitative estimate of drug-likeness (QED) is 0.500. The Morgan fingerprint density at radius 1 is 0.846 bits per heavy atom. The van der Waals surface area contributed by atoms with E-state index < -0.39 is 0 Å². The first-order chi connectivity index (χ1) is 6.45. The van der Waals surface area contributed by atoms with Crippen LogP contribution in [0.1, 0.15) is 0 Å². The molecule has 0 radical (unpaired) electrons. The number of rotatable bonds is 0. The lowest BCUT2D eigenvalue weighted by molar-refractivity contribution is 0.669. The standard InChI is InChI=1S/C12H6O/c1-3-7-11-9(5-1)10-6-2-4-8-12(10)13-11/h1,3,5-8H. The van der Waals surface area contributed by atoms with Crippen LogP contribution in [0.3, 0.4) is 0 Å². The van der Waals surface area contributed by atoms with Gasteiger partial charge >= 0.3 is 0 Å². The second-order valence-electron chi connectivity index (χ2n) is 2.95. The van der Waals surface area contributed by atoms with Crippen LogP contribution in [0.5, 0.6) is 0 Å². The maximum absolute atomic E-state index is 5.60. The molecule has 1 heterocycles. The summed E-state index contributed by atoms with van der Waals surface area (Å²) in [6, 6.07) is 17.5. The molecule has 0 aliphatic heterocycles. The summed E-state index contributed by atoms with van der Waals surface area (Å²) in [4.78, 5) is 0. The monoisotopic (exact) mass is 166 g/mol. The molecule has 0 amide bonds. The molecule has 0 bridgehead atoms. The summed E-state index contributed by atoms with van der Waals surface area (Å²) >= 11 is 0. The molecule has 3 aromatic rings. The molecule has 0 unspecified atom stereocenters. The second-order valence-corrected chi connectivity index (χ2v) is 2.95. The molecule has 0 fully saturated rings. The van der Waals surface area contributed by atoms with Crippen LogP contribution in [-0.4, -0.2) is 0 Å². The van der Waals surface area contributed by atoms with Gasteiger partial charge in [-0.2, -0.15) is 0 Å². The van der Waals surface area contributed by atoms with Crippen molar-refractivity contribution in [2.75, 3.05) is 0 Å². The Morgan fingerprint density at radius 2 is 1.69 bits per heavy atom. The summed E-state index contributed by atoms with van der Waals surface area (Å²) in [5, 5.41) is 2.25. The van der Waals surface area contributed by atoms with Crippen molar-refractivity contribution in [3.8, 4) is 0 Å². The molecule has 0 spiro atoms. The highest BCUT2D eigenvalue weighted by atomic mass is 16.3. The number of hydrogen-bond donors (Lipinski definition) is 0. The number of fused-ring (bicyclic) bond motifs is 3.